The molecule has 25 heavy (non-hydrogen) atoms. The van der Waals surface area contributed by atoms with Crippen molar-refractivity contribution in [2.24, 2.45) is 5.92 Å². The molecule has 1 fully saturated rings. The first-order valence-electron chi connectivity index (χ1n) is 9.15. The number of nitrogens with zero attached hydrogens (tertiary/aromatic N) is 4. The number of piperidine rings is 1. The van der Waals surface area contributed by atoms with Crippen LogP contribution in [0.4, 0.5) is 5.82 Å². The Hall–Kier alpha value is -2.43. The van der Waals surface area contributed by atoms with Gasteiger partial charge in [0.05, 0.1) is 0 Å². The lowest BCUT2D eigenvalue weighted by molar-refractivity contribution is 0.0727. The van der Waals surface area contributed by atoms with Crippen LogP contribution in [0.15, 0.2) is 36.4 Å². The van der Waals surface area contributed by atoms with E-state index in [-0.39, 0.29) is 5.91 Å². The fraction of sp³-hybridized carbons (Fsp3) is 0.450. The molecule has 1 aromatic heterocycles. The molecular formula is C20H24N4O. The average molecular weight is 336 g/mol. The first-order valence-corrected chi connectivity index (χ1v) is 9.15. The van der Waals surface area contributed by atoms with Crippen LogP contribution >= 0.6 is 0 Å². The summed E-state index contributed by atoms with van der Waals surface area (Å²) in [6.45, 7) is 5.73. The van der Waals surface area contributed by atoms with Crippen LogP contribution in [0.5, 0.6) is 0 Å². The van der Waals surface area contributed by atoms with Crippen molar-refractivity contribution in [2.75, 3.05) is 24.5 Å². The smallest absolute Gasteiger partial charge is 0.274 e. The van der Waals surface area contributed by atoms with E-state index in [1.165, 1.54) is 24.0 Å². The lowest BCUT2D eigenvalue weighted by Crippen LogP contribution is -2.37. The maximum Gasteiger partial charge on any atom is 0.274 e. The molecule has 2 aromatic rings. The molecule has 1 saturated heterocycles. The summed E-state index contributed by atoms with van der Waals surface area (Å²) in [4.78, 5) is 16.9. The Bertz CT molecular complexity index is 751. The van der Waals surface area contributed by atoms with E-state index in [4.69, 9.17) is 0 Å². The molecule has 4 rings (SSSR count). The highest BCUT2D eigenvalue weighted by molar-refractivity contribution is 5.92. The number of amides is 1. The van der Waals surface area contributed by atoms with Crippen molar-refractivity contribution in [3.8, 4) is 0 Å². The highest BCUT2D eigenvalue weighted by Crippen LogP contribution is 2.22. The molecule has 5 nitrogen and oxygen atoms in total. The molecule has 0 spiro atoms. The Labute approximate surface area is 148 Å². The molecule has 5 heteroatoms. The van der Waals surface area contributed by atoms with E-state index in [1.54, 1.807) is 0 Å². The van der Waals surface area contributed by atoms with Gasteiger partial charge in [0.25, 0.3) is 5.91 Å². The predicted octanol–water partition coefficient (Wildman–Crippen LogP) is 2.91. The lowest BCUT2D eigenvalue weighted by Gasteiger charge is -2.31. The number of benzene rings is 1. The van der Waals surface area contributed by atoms with Crippen LogP contribution in [0.2, 0.25) is 0 Å². The van der Waals surface area contributed by atoms with Crippen molar-refractivity contribution in [3.63, 3.8) is 0 Å². The van der Waals surface area contributed by atoms with Gasteiger partial charge in [-0.15, -0.1) is 10.2 Å². The Morgan fingerprint density at radius 1 is 1.00 bits per heavy atom. The summed E-state index contributed by atoms with van der Waals surface area (Å²) in [5, 5.41) is 8.54. The average Bonchev–Trinajstić information content (AvgIpc) is 2.68. The Kier molecular flexibility index (Phi) is 4.38. The van der Waals surface area contributed by atoms with Crippen LogP contribution < -0.4 is 4.90 Å². The Morgan fingerprint density at radius 2 is 1.76 bits per heavy atom. The summed E-state index contributed by atoms with van der Waals surface area (Å²) >= 11 is 0. The molecule has 0 saturated carbocycles. The van der Waals surface area contributed by atoms with Crippen LogP contribution in [-0.4, -0.2) is 40.6 Å². The first-order chi connectivity index (χ1) is 12.2. The minimum Gasteiger partial charge on any atom is -0.355 e. The summed E-state index contributed by atoms with van der Waals surface area (Å²) in [6.07, 6.45) is 3.28. The second-order valence-electron chi connectivity index (χ2n) is 7.19. The van der Waals surface area contributed by atoms with Crippen LogP contribution in [0.25, 0.3) is 0 Å². The number of carbonyl (C=O) groups excluding carboxylic acids is 1. The summed E-state index contributed by atoms with van der Waals surface area (Å²) in [6, 6.07) is 12.1. The number of anilines is 1. The van der Waals surface area contributed by atoms with Crippen LogP contribution in [0, 0.1) is 5.92 Å². The molecule has 0 unspecified atom stereocenters. The van der Waals surface area contributed by atoms with Crippen LogP contribution in [-0.2, 0) is 13.0 Å². The van der Waals surface area contributed by atoms with Gasteiger partial charge in [0, 0.05) is 26.2 Å². The molecule has 0 radical (unpaired) electrons. The number of hydrogen-bond acceptors (Lipinski definition) is 4. The lowest BCUT2D eigenvalue weighted by atomic mass is 9.99. The molecule has 0 bridgehead atoms. The van der Waals surface area contributed by atoms with Gasteiger partial charge >= 0.3 is 0 Å². The monoisotopic (exact) mass is 336 g/mol. The third kappa shape index (κ3) is 3.36. The van der Waals surface area contributed by atoms with Gasteiger partial charge < -0.3 is 9.80 Å². The van der Waals surface area contributed by atoms with E-state index in [0.29, 0.717) is 12.2 Å². The van der Waals surface area contributed by atoms with Gasteiger partial charge in [-0.1, -0.05) is 31.2 Å². The third-order valence-electron chi connectivity index (χ3n) is 5.40. The number of hydrogen-bond donors (Lipinski definition) is 0. The van der Waals surface area contributed by atoms with E-state index >= 15 is 0 Å². The third-order valence-corrected chi connectivity index (χ3v) is 5.40. The molecule has 1 aromatic carbocycles. The maximum absolute atomic E-state index is 12.7. The predicted molar refractivity (Wildman–Crippen MR) is 97.5 cm³/mol. The van der Waals surface area contributed by atoms with Crippen LogP contribution in [0.3, 0.4) is 0 Å². The van der Waals surface area contributed by atoms with E-state index in [2.05, 4.69) is 40.2 Å². The van der Waals surface area contributed by atoms with E-state index < -0.39 is 0 Å². The highest BCUT2D eigenvalue weighted by Gasteiger charge is 2.23. The molecule has 130 valence electrons. The van der Waals surface area contributed by atoms with E-state index in [1.807, 2.05) is 23.1 Å². The quantitative estimate of drug-likeness (QED) is 0.846. The fourth-order valence-corrected chi connectivity index (χ4v) is 3.68. The number of carbonyl (C=O) groups is 1. The van der Waals surface area contributed by atoms with Crippen molar-refractivity contribution in [3.05, 3.63) is 53.2 Å². The topological polar surface area (TPSA) is 49.3 Å². The Morgan fingerprint density at radius 3 is 2.48 bits per heavy atom. The normalized spacial score (nSPS) is 18.1. The van der Waals surface area contributed by atoms with Gasteiger partial charge in [-0.05, 0) is 48.4 Å². The SMILES string of the molecule is CC1CCN(c2ccc(C(=O)N3CCc4ccccc4C3)nn2)CC1. The first kappa shape index (κ1) is 16.1. The van der Waals surface area contributed by atoms with Gasteiger partial charge in [-0.25, -0.2) is 0 Å². The minimum absolute atomic E-state index is 0.0270. The van der Waals surface area contributed by atoms with Crippen LogP contribution in [0.1, 0.15) is 41.4 Å². The van der Waals surface area contributed by atoms with Gasteiger partial charge in [0.2, 0.25) is 0 Å². The largest absolute Gasteiger partial charge is 0.355 e. The van der Waals surface area contributed by atoms with Crippen molar-refractivity contribution >= 4 is 11.7 Å². The van der Waals surface area contributed by atoms with Gasteiger partial charge in [-0.2, -0.15) is 0 Å². The molecule has 2 aliphatic heterocycles. The molecular weight excluding hydrogens is 312 g/mol. The summed E-state index contributed by atoms with van der Waals surface area (Å²) in [5.74, 6) is 1.64. The highest BCUT2D eigenvalue weighted by atomic mass is 16.2. The van der Waals surface area contributed by atoms with Crippen molar-refractivity contribution < 1.29 is 4.79 Å². The molecule has 2 aliphatic rings. The summed E-state index contributed by atoms with van der Waals surface area (Å²) < 4.78 is 0. The zero-order valence-electron chi connectivity index (χ0n) is 14.7. The standard InChI is InChI=1S/C20H24N4O/c1-15-8-11-23(12-9-15)19-7-6-18(21-22-19)20(25)24-13-10-16-4-2-3-5-17(16)14-24/h2-7,15H,8-14H2,1H3. The molecule has 1 amide bonds. The number of aromatic nitrogens is 2. The van der Waals surface area contributed by atoms with Gasteiger partial charge in [0.1, 0.15) is 0 Å². The second kappa shape index (κ2) is 6.82. The molecule has 0 atom stereocenters. The van der Waals surface area contributed by atoms with Crippen molar-refractivity contribution in [1.82, 2.24) is 15.1 Å². The van der Waals surface area contributed by atoms with E-state index in [0.717, 1.165) is 37.8 Å². The van der Waals surface area contributed by atoms with E-state index in [9.17, 15) is 4.79 Å². The fourth-order valence-electron chi connectivity index (χ4n) is 3.68. The zero-order valence-corrected chi connectivity index (χ0v) is 14.7. The zero-order chi connectivity index (χ0) is 17.2. The molecule has 0 N–H and O–H groups in total. The van der Waals surface area contributed by atoms with Gasteiger partial charge in [0.15, 0.2) is 11.5 Å². The maximum atomic E-state index is 12.7. The second-order valence-corrected chi connectivity index (χ2v) is 7.19. The Balaban J connectivity index is 1.44. The minimum atomic E-state index is -0.0270. The summed E-state index contributed by atoms with van der Waals surface area (Å²) in [7, 11) is 0. The molecule has 3 heterocycles. The van der Waals surface area contributed by atoms with Crippen molar-refractivity contribution in [2.45, 2.75) is 32.7 Å². The molecule has 0 aliphatic carbocycles. The number of rotatable bonds is 2. The summed E-state index contributed by atoms with van der Waals surface area (Å²) in [5.41, 5.74) is 3.01. The van der Waals surface area contributed by atoms with Gasteiger partial charge in [-0.3, -0.25) is 4.79 Å². The number of fused-ring (bicyclic) bond motifs is 1. The van der Waals surface area contributed by atoms with Crippen molar-refractivity contribution in [1.29, 1.82) is 0 Å².